The number of carbonyl (C=O) groups is 2. The van der Waals surface area contributed by atoms with Gasteiger partial charge < -0.3 is 5.73 Å². The summed E-state index contributed by atoms with van der Waals surface area (Å²) in [6.45, 7) is 0.326. The highest BCUT2D eigenvalue weighted by Gasteiger charge is 2.40. The fourth-order valence-corrected chi connectivity index (χ4v) is 3.99. The smallest absolute Gasteiger partial charge is 0.279 e. The Morgan fingerprint density at radius 1 is 1.29 bits per heavy atom. The molecule has 4 N–H and O–H groups in total. The molecule has 21 heavy (non-hydrogen) atoms. The molecule has 2 aliphatic rings. The Kier molecular flexibility index (Phi) is 4.23. The second-order valence-electron chi connectivity index (χ2n) is 5.77. The van der Waals surface area contributed by atoms with E-state index in [1.54, 1.807) is 12.1 Å². The van der Waals surface area contributed by atoms with Gasteiger partial charge in [-0.1, -0.05) is 6.07 Å². The average Bonchev–Trinajstić information content (AvgIpc) is 3.05. The maximum Gasteiger partial charge on any atom is 0.279 e. The van der Waals surface area contributed by atoms with E-state index in [0.29, 0.717) is 23.5 Å². The number of hydrogen-bond acceptors (Lipinski definition) is 5. The fourth-order valence-electron chi connectivity index (χ4n) is 3.38. The van der Waals surface area contributed by atoms with Crippen LogP contribution in [0.1, 0.15) is 35.4 Å². The second-order valence-corrected chi connectivity index (χ2v) is 6.72. The molecule has 3 rings (SSSR count). The summed E-state index contributed by atoms with van der Waals surface area (Å²) in [6.07, 6.45) is 4.16. The summed E-state index contributed by atoms with van der Waals surface area (Å²) in [7, 11) is 0. The van der Waals surface area contributed by atoms with Crippen LogP contribution in [0.4, 0.5) is 0 Å². The van der Waals surface area contributed by atoms with Crippen LogP contribution in [0.3, 0.4) is 0 Å². The Hall–Kier alpha value is -1.44. The zero-order chi connectivity index (χ0) is 14.8. The van der Waals surface area contributed by atoms with Crippen LogP contribution in [0.5, 0.6) is 0 Å². The lowest BCUT2D eigenvalue weighted by Gasteiger charge is -2.37. The predicted molar refractivity (Wildman–Crippen MR) is 80.7 cm³/mol. The van der Waals surface area contributed by atoms with Gasteiger partial charge in [-0.2, -0.15) is 0 Å². The highest BCUT2D eigenvalue weighted by molar-refractivity contribution is 7.12. The van der Waals surface area contributed by atoms with E-state index in [2.05, 4.69) is 15.8 Å². The maximum absolute atomic E-state index is 12.0. The van der Waals surface area contributed by atoms with Crippen molar-refractivity contribution in [2.45, 2.75) is 43.8 Å². The first kappa shape index (κ1) is 14.5. The SMILES string of the molecule is NC1CC2CCC(C1)N2CC(=O)NNC(=O)c1cccs1. The Labute approximate surface area is 127 Å². The van der Waals surface area contributed by atoms with E-state index in [1.807, 2.05) is 5.38 Å². The van der Waals surface area contributed by atoms with Crippen molar-refractivity contribution < 1.29 is 9.59 Å². The molecule has 2 atom stereocenters. The molecule has 2 fully saturated rings. The lowest BCUT2D eigenvalue weighted by atomic mass is 9.98. The van der Waals surface area contributed by atoms with Crippen molar-refractivity contribution in [3.63, 3.8) is 0 Å². The van der Waals surface area contributed by atoms with Gasteiger partial charge in [-0.25, -0.2) is 0 Å². The molecule has 1 aromatic heterocycles. The molecule has 0 aliphatic carbocycles. The molecule has 7 heteroatoms. The monoisotopic (exact) mass is 308 g/mol. The number of nitrogens with one attached hydrogen (secondary N) is 2. The molecule has 0 radical (unpaired) electrons. The molecule has 3 heterocycles. The van der Waals surface area contributed by atoms with Crippen LogP contribution < -0.4 is 16.6 Å². The van der Waals surface area contributed by atoms with Gasteiger partial charge in [0.15, 0.2) is 0 Å². The standard InChI is InChI=1S/C14H20N4O2S/c15-9-6-10-3-4-11(7-9)18(10)8-13(19)16-17-14(20)12-2-1-5-21-12/h1-2,5,9-11H,3-4,6-8,15H2,(H,16,19)(H,17,20). The summed E-state index contributed by atoms with van der Waals surface area (Å²) < 4.78 is 0. The van der Waals surface area contributed by atoms with E-state index < -0.39 is 0 Å². The van der Waals surface area contributed by atoms with Crippen molar-refractivity contribution >= 4 is 23.2 Å². The van der Waals surface area contributed by atoms with Gasteiger partial charge in [-0.05, 0) is 37.1 Å². The number of carbonyl (C=O) groups excluding carboxylic acids is 2. The first-order chi connectivity index (χ1) is 10.1. The first-order valence-corrected chi connectivity index (χ1v) is 8.15. The lowest BCUT2D eigenvalue weighted by Crippen LogP contribution is -2.53. The van der Waals surface area contributed by atoms with Gasteiger partial charge >= 0.3 is 0 Å². The lowest BCUT2D eigenvalue weighted by molar-refractivity contribution is -0.124. The zero-order valence-corrected chi connectivity index (χ0v) is 12.6. The van der Waals surface area contributed by atoms with Crippen LogP contribution in [0, 0.1) is 0 Å². The van der Waals surface area contributed by atoms with Gasteiger partial charge in [-0.3, -0.25) is 25.3 Å². The van der Waals surface area contributed by atoms with Gasteiger partial charge in [0.05, 0.1) is 11.4 Å². The summed E-state index contributed by atoms with van der Waals surface area (Å²) in [4.78, 5) is 26.5. The Morgan fingerprint density at radius 2 is 2.00 bits per heavy atom. The van der Waals surface area contributed by atoms with Gasteiger partial charge in [0.2, 0.25) is 0 Å². The number of thiophene rings is 1. The summed E-state index contributed by atoms with van der Waals surface area (Å²) in [5.74, 6) is -0.450. The van der Waals surface area contributed by atoms with Crippen molar-refractivity contribution in [1.82, 2.24) is 15.8 Å². The summed E-state index contributed by atoms with van der Waals surface area (Å²) >= 11 is 1.34. The maximum atomic E-state index is 12.0. The van der Waals surface area contributed by atoms with Crippen LogP contribution in [-0.4, -0.2) is 41.4 Å². The highest BCUT2D eigenvalue weighted by atomic mass is 32.1. The summed E-state index contributed by atoms with van der Waals surface area (Å²) in [5.41, 5.74) is 11.0. The van der Waals surface area contributed by atoms with E-state index in [4.69, 9.17) is 5.73 Å². The number of fused-ring (bicyclic) bond motifs is 2. The molecule has 0 saturated carbocycles. The van der Waals surface area contributed by atoms with Crippen molar-refractivity contribution in [1.29, 1.82) is 0 Å². The third-order valence-electron chi connectivity index (χ3n) is 4.31. The van der Waals surface area contributed by atoms with Crippen molar-refractivity contribution in [3.8, 4) is 0 Å². The van der Waals surface area contributed by atoms with Crippen LogP contribution in [0.15, 0.2) is 17.5 Å². The molecule has 114 valence electrons. The number of rotatable bonds is 3. The van der Waals surface area contributed by atoms with Crippen molar-refractivity contribution in [2.24, 2.45) is 5.73 Å². The van der Waals surface area contributed by atoms with Gasteiger partial charge in [0.25, 0.3) is 11.8 Å². The molecular weight excluding hydrogens is 288 g/mol. The summed E-state index contributed by atoms with van der Waals surface area (Å²) in [5, 5.41) is 1.82. The van der Waals surface area contributed by atoms with Crippen LogP contribution >= 0.6 is 11.3 Å². The summed E-state index contributed by atoms with van der Waals surface area (Å²) in [6, 6.07) is 4.62. The highest BCUT2D eigenvalue weighted by Crippen LogP contribution is 2.34. The number of piperidine rings is 1. The normalized spacial score (nSPS) is 28.3. The molecule has 1 aromatic rings. The third kappa shape index (κ3) is 3.25. The Morgan fingerprint density at radius 3 is 2.62 bits per heavy atom. The van der Waals surface area contributed by atoms with Crippen molar-refractivity contribution in [3.05, 3.63) is 22.4 Å². The molecule has 0 aromatic carbocycles. The average molecular weight is 308 g/mol. The number of amides is 2. The van der Waals surface area contributed by atoms with E-state index in [1.165, 1.54) is 11.3 Å². The van der Waals surface area contributed by atoms with Crippen LogP contribution in [0.25, 0.3) is 0 Å². The van der Waals surface area contributed by atoms with Crippen LogP contribution in [0.2, 0.25) is 0 Å². The molecular formula is C14H20N4O2S. The van der Waals surface area contributed by atoms with E-state index >= 15 is 0 Å². The molecule has 2 aliphatic heterocycles. The van der Waals surface area contributed by atoms with E-state index in [0.717, 1.165) is 25.7 Å². The molecule has 6 nitrogen and oxygen atoms in total. The first-order valence-electron chi connectivity index (χ1n) is 7.27. The van der Waals surface area contributed by atoms with E-state index in [-0.39, 0.29) is 17.9 Å². The van der Waals surface area contributed by atoms with Gasteiger partial charge in [0, 0.05) is 18.1 Å². The second kappa shape index (κ2) is 6.13. The largest absolute Gasteiger partial charge is 0.328 e. The topological polar surface area (TPSA) is 87.5 Å². The molecule has 2 saturated heterocycles. The molecule has 2 unspecified atom stereocenters. The zero-order valence-electron chi connectivity index (χ0n) is 11.7. The number of nitrogens with two attached hydrogens (primary N) is 1. The van der Waals surface area contributed by atoms with Crippen LogP contribution in [-0.2, 0) is 4.79 Å². The number of hydrazine groups is 1. The van der Waals surface area contributed by atoms with Gasteiger partial charge in [-0.15, -0.1) is 11.3 Å². The number of hydrogen-bond donors (Lipinski definition) is 3. The Balaban J connectivity index is 1.48. The fraction of sp³-hybridized carbons (Fsp3) is 0.571. The molecule has 2 amide bonds. The molecule has 2 bridgehead atoms. The molecule has 0 spiro atoms. The third-order valence-corrected chi connectivity index (χ3v) is 5.18. The van der Waals surface area contributed by atoms with Crippen molar-refractivity contribution in [2.75, 3.05) is 6.54 Å². The van der Waals surface area contributed by atoms with Gasteiger partial charge in [0.1, 0.15) is 0 Å². The van der Waals surface area contributed by atoms with E-state index in [9.17, 15) is 9.59 Å². The minimum atomic E-state index is -0.276. The Bertz CT molecular complexity index is 505. The quantitative estimate of drug-likeness (QED) is 0.708. The minimum absolute atomic E-state index is 0.174. The number of nitrogens with zero attached hydrogens (tertiary/aromatic N) is 1. The predicted octanol–water partition coefficient (Wildman–Crippen LogP) is 0.463. The minimum Gasteiger partial charge on any atom is -0.328 e.